The van der Waals surface area contributed by atoms with Gasteiger partial charge < -0.3 is 24.8 Å². The van der Waals surface area contributed by atoms with Gasteiger partial charge >= 0.3 is 0 Å². The summed E-state index contributed by atoms with van der Waals surface area (Å²) >= 11 is 0. The van der Waals surface area contributed by atoms with E-state index < -0.39 is 5.97 Å². The van der Waals surface area contributed by atoms with Crippen LogP contribution in [0, 0.1) is 5.92 Å². The largest absolute Gasteiger partial charge is 0.493 e. The Morgan fingerprint density at radius 3 is 2.48 bits per heavy atom. The number of para-hydroxylation sites is 2. The first-order valence-electron chi connectivity index (χ1n) is 9.35. The van der Waals surface area contributed by atoms with E-state index in [4.69, 9.17) is 19.4 Å². The molecule has 8 heteroatoms. The van der Waals surface area contributed by atoms with Crippen LogP contribution in [0.4, 0.5) is 5.69 Å². The molecule has 1 unspecified atom stereocenters. The lowest BCUT2D eigenvalue weighted by molar-refractivity contribution is -0.134. The van der Waals surface area contributed by atoms with Crippen molar-refractivity contribution in [3.05, 3.63) is 42.6 Å². The zero-order valence-corrected chi connectivity index (χ0v) is 16.9. The van der Waals surface area contributed by atoms with Crippen molar-refractivity contribution in [3.8, 4) is 17.4 Å². The van der Waals surface area contributed by atoms with Crippen molar-refractivity contribution in [2.45, 2.75) is 19.8 Å². The van der Waals surface area contributed by atoms with Crippen molar-refractivity contribution in [3.63, 3.8) is 0 Å². The van der Waals surface area contributed by atoms with Gasteiger partial charge in [-0.3, -0.25) is 9.59 Å². The molecule has 2 aromatic rings. The number of carboxylic acid groups (broad SMARTS) is 1. The van der Waals surface area contributed by atoms with Crippen LogP contribution in [0.1, 0.15) is 19.8 Å². The van der Waals surface area contributed by atoms with Crippen LogP contribution in [0.5, 0.6) is 17.4 Å². The van der Waals surface area contributed by atoms with E-state index in [1.165, 1.54) is 0 Å². The molecule has 1 aliphatic heterocycles. The van der Waals surface area contributed by atoms with Gasteiger partial charge in [0.2, 0.25) is 11.8 Å². The third-order valence-electron chi connectivity index (χ3n) is 4.28. The molecule has 0 saturated carbocycles. The molecule has 1 saturated heterocycles. The average Bonchev–Trinajstić information content (AvgIpc) is 2.69. The van der Waals surface area contributed by atoms with Gasteiger partial charge in [-0.1, -0.05) is 12.1 Å². The van der Waals surface area contributed by atoms with Crippen LogP contribution in [-0.4, -0.2) is 54.1 Å². The number of ether oxygens (including phenoxy) is 2. The summed E-state index contributed by atoms with van der Waals surface area (Å²) in [5, 5.41) is 10.4. The number of rotatable bonds is 5. The summed E-state index contributed by atoms with van der Waals surface area (Å²) in [7, 11) is 3.64. The number of likely N-dealkylation sites (tertiary alicyclic amines) is 1. The fourth-order valence-electron chi connectivity index (χ4n) is 2.96. The number of aliphatic carboxylic acids is 1. The van der Waals surface area contributed by atoms with Crippen molar-refractivity contribution >= 4 is 17.6 Å². The van der Waals surface area contributed by atoms with Gasteiger partial charge in [-0.05, 0) is 44.6 Å². The Bertz CT molecular complexity index is 806. The van der Waals surface area contributed by atoms with E-state index in [1.54, 1.807) is 25.4 Å². The number of pyridine rings is 1. The summed E-state index contributed by atoms with van der Waals surface area (Å²) in [4.78, 5) is 27.8. The van der Waals surface area contributed by atoms with E-state index in [1.807, 2.05) is 31.3 Å². The smallest absolute Gasteiger partial charge is 0.300 e. The number of nitrogens with one attached hydrogen (secondary N) is 1. The molecular formula is C21H27N3O5. The Balaban J connectivity index is 0.000000687. The van der Waals surface area contributed by atoms with Crippen molar-refractivity contribution in [2.75, 3.05) is 32.6 Å². The van der Waals surface area contributed by atoms with Gasteiger partial charge in [0.15, 0.2) is 11.5 Å². The molecule has 1 aromatic carbocycles. The molecule has 1 amide bonds. The molecule has 0 radical (unpaired) electrons. The maximum Gasteiger partial charge on any atom is 0.300 e. The van der Waals surface area contributed by atoms with E-state index >= 15 is 0 Å². The summed E-state index contributed by atoms with van der Waals surface area (Å²) in [6.07, 6.45) is 3.59. The number of hydrogen-bond acceptors (Lipinski definition) is 6. The van der Waals surface area contributed by atoms with E-state index in [0.29, 0.717) is 23.1 Å². The van der Waals surface area contributed by atoms with E-state index in [-0.39, 0.29) is 11.8 Å². The summed E-state index contributed by atoms with van der Waals surface area (Å²) < 4.78 is 11.0. The van der Waals surface area contributed by atoms with Crippen LogP contribution in [0.3, 0.4) is 0 Å². The molecule has 1 atom stereocenters. The summed E-state index contributed by atoms with van der Waals surface area (Å²) in [5.41, 5.74) is 0.672. The zero-order chi connectivity index (χ0) is 21.2. The Kier molecular flexibility index (Phi) is 8.42. The number of aromatic nitrogens is 1. The van der Waals surface area contributed by atoms with Crippen LogP contribution < -0.4 is 14.8 Å². The van der Waals surface area contributed by atoms with E-state index in [2.05, 4.69) is 15.2 Å². The van der Waals surface area contributed by atoms with Gasteiger partial charge in [-0.15, -0.1) is 0 Å². The molecule has 156 valence electrons. The number of carbonyl (C=O) groups excluding carboxylic acids is 1. The fourth-order valence-corrected chi connectivity index (χ4v) is 2.96. The Labute approximate surface area is 170 Å². The minimum Gasteiger partial charge on any atom is -0.493 e. The van der Waals surface area contributed by atoms with Crippen LogP contribution in [0.25, 0.3) is 0 Å². The zero-order valence-electron chi connectivity index (χ0n) is 16.9. The summed E-state index contributed by atoms with van der Waals surface area (Å²) in [6, 6.07) is 10.9. The highest BCUT2D eigenvalue weighted by atomic mass is 16.5. The molecule has 3 rings (SSSR count). The topological polar surface area (TPSA) is 101 Å². The van der Waals surface area contributed by atoms with Crippen LogP contribution >= 0.6 is 0 Å². The number of carboxylic acids is 1. The third-order valence-corrected chi connectivity index (χ3v) is 4.28. The molecule has 8 nitrogen and oxygen atoms in total. The second-order valence-corrected chi connectivity index (χ2v) is 6.75. The summed E-state index contributed by atoms with van der Waals surface area (Å²) in [6.45, 7) is 2.94. The Morgan fingerprint density at radius 2 is 1.90 bits per heavy atom. The molecule has 0 bridgehead atoms. The van der Waals surface area contributed by atoms with Crippen molar-refractivity contribution in [2.24, 2.45) is 5.92 Å². The molecule has 0 spiro atoms. The molecular weight excluding hydrogens is 374 g/mol. The monoisotopic (exact) mass is 401 g/mol. The SMILES string of the molecule is CC(=O)O.COc1ccccc1Oc1ccc(NC(=O)C2CCCN(C)C2)cn1. The molecule has 1 aliphatic rings. The minimum absolute atomic E-state index is 0.0308. The van der Waals surface area contributed by atoms with Gasteiger partial charge in [0.1, 0.15) is 0 Å². The lowest BCUT2D eigenvalue weighted by Crippen LogP contribution is -2.38. The molecule has 0 aliphatic carbocycles. The highest BCUT2D eigenvalue weighted by molar-refractivity contribution is 5.92. The number of hydrogen-bond donors (Lipinski definition) is 2. The quantitative estimate of drug-likeness (QED) is 0.793. The number of amides is 1. The first-order valence-corrected chi connectivity index (χ1v) is 9.35. The van der Waals surface area contributed by atoms with Gasteiger partial charge in [-0.25, -0.2) is 4.98 Å². The first kappa shape index (κ1) is 22.2. The van der Waals surface area contributed by atoms with Gasteiger partial charge in [0.25, 0.3) is 5.97 Å². The van der Waals surface area contributed by atoms with Gasteiger partial charge in [-0.2, -0.15) is 0 Å². The van der Waals surface area contributed by atoms with E-state index in [0.717, 1.165) is 32.9 Å². The molecule has 1 fully saturated rings. The molecule has 1 aromatic heterocycles. The van der Waals surface area contributed by atoms with Gasteiger partial charge in [0, 0.05) is 19.5 Å². The number of nitrogens with zero attached hydrogens (tertiary/aromatic N) is 2. The standard InChI is InChI=1S/C19H23N3O3.C2H4O2/c1-22-11-5-6-14(13-22)19(23)21-15-9-10-18(20-12-15)25-17-8-4-3-7-16(17)24-2;1-2(3)4/h3-4,7-10,12,14H,5-6,11,13H2,1-2H3,(H,21,23);1H3,(H,3,4). The van der Waals surface area contributed by atoms with Crippen molar-refractivity contribution in [1.29, 1.82) is 0 Å². The Hall–Kier alpha value is -3.13. The second-order valence-electron chi connectivity index (χ2n) is 6.75. The number of benzene rings is 1. The van der Waals surface area contributed by atoms with Crippen molar-refractivity contribution < 1.29 is 24.2 Å². The highest BCUT2D eigenvalue weighted by Gasteiger charge is 2.23. The van der Waals surface area contributed by atoms with Crippen LogP contribution in [-0.2, 0) is 9.59 Å². The van der Waals surface area contributed by atoms with Gasteiger partial charge in [0.05, 0.1) is 24.9 Å². The Morgan fingerprint density at radius 1 is 1.21 bits per heavy atom. The number of anilines is 1. The van der Waals surface area contributed by atoms with Crippen LogP contribution in [0.15, 0.2) is 42.6 Å². The fraction of sp³-hybridized carbons (Fsp3) is 0.381. The molecule has 2 heterocycles. The predicted octanol–water partition coefficient (Wildman–Crippen LogP) is 3.25. The predicted molar refractivity (Wildman–Crippen MR) is 109 cm³/mol. The lowest BCUT2D eigenvalue weighted by Gasteiger charge is -2.28. The third kappa shape index (κ3) is 7.42. The summed E-state index contributed by atoms with van der Waals surface area (Å²) in [5.74, 6) is 0.928. The average molecular weight is 401 g/mol. The maximum atomic E-state index is 12.4. The van der Waals surface area contributed by atoms with Crippen LogP contribution in [0.2, 0.25) is 0 Å². The number of methoxy groups -OCH3 is 1. The second kappa shape index (κ2) is 11.0. The maximum absolute atomic E-state index is 12.4. The first-order chi connectivity index (χ1) is 13.9. The van der Waals surface area contributed by atoms with E-state index in [9.17, 15) is 4.79 Å². The lowest BCUT2D eigenvalue weighted by atomic mass is 9.97. The molecule has 29 heavy (non-hydrogen) atoms. The minimum atomic E-state index is -0.833. The number of carbonyl (C=O) groups is 2. The number of piperidine rings is 1. The normalized spacial score (nSPS) is 16.2. The highest BCUT2D eigenvalue weighted by Crippen LogP contribution is 2.30. The molecule has 2 N–H and O–H groups in total. The van der Waals surface area contributed by atoms with Crippen molar-refractivity contribution in [1.82, 2.24) is 9.88 Å².